The zero-order valence-electron chi connectivity index (χ0n) is 24.9. The van der Waals surface area contributed by atoms with Crippen LogP contribution in [0.1, 0.15) is 58.9 Å². The van der Waals surface area contributed by atoms with E-state index in [1.807, 2.05) is 36.4 Å². The first-order chi connectivity index (χ1) is 19.4. The van der Waals surface area contributed by atoms with Gasteiger partial charge in [0.15, 0.2) is 0 Å². The number of ether oxygens (including phenoxy) is 1. The maximum Gasteiger partial charge on any atom is 0.328 e. The first kappa shape index (κ1) is 35.1. The average Bonchev–Trinajstić information content (AvgIpc) is 2.94. The number of amides is 5. The molecule has 0 radical (unpaired) electrons. The molecule has 0 spiro atoms. The standard InChI is InChI=1S/C16H23N3O4.C14H24N2O2/c1-10(2)13(15(21)23-3)19-16(22)18-12(14(17)20)9-11-7-5-4-6-8-11;1-11(2)12-7-8-14(18)15-9-5-3-4-6-13(17)16-10-12/h4-8,10,12-13H,9H2,1-3H3,(H2,17,20)(H2,18,19,22);7-8,11-12H,3-6,9-10H2,1-2H3,(H,15,18)(H,16,17)/b;8-7+/t12-,13?;/m0./s1. The number of carbonyl (C=O) groups is 5. The summed E-state index contributed by atoms with van der Waals surface area (Å²) in [6.45, 7) is 9.04. The number of hydrogen-bond donors (Lipinski definition) is 5. The van der Waals surface area contributed by atoms with E-state index in [1.54, 1.807) is 19.9 Å². The quantitative estimate of drug-likeness (QED) is 0.299. The molecule has 0 aliphatic carbocycles. The van der Waals surface area contributed by atoms with E-state index >= 15 is 0 Å². The Labute approximate surface area is 243 Å². The number of urea groups is 1. The minimum atomic E-state index is -0.872. The number of nitrogens with one attached hydrogen (secondary N) is 4. The highest BCUT2D eigenvalue weighted by Crippen LogP contribution is 2.12. The highest BCUT2D eigenvalue weighted by molar-refractivity contribution is 5.88. The zero-order valence-corrected chi connectivity index (χ0v) is 24.9. The Morgan fingerprint density at radius 2 is 1.68 bits per heavy atom. The SMILES string of the molecule is CC(C)C1/C=C/C(=O)NCCCCCC(=O)NC1.COC(=O)C(NC(=O)N[C@@H](Cc1ccccc1)C(N)=O)C(C)C. The molecule has 5 amide bonds. The molecule has 1 heterocycles. The maximum atomic E-state index is 12.0. The summed E-state index contributed by atoms with van der Waals surface area (Å²) in [6, 6.07) is 6.87. The number of primary amides is 1. The van der Waals surface area contributed by atoms with E-state index in [0.29, 0.717) is 25.4 Å². The first-order valence-electron chi connectivity index (χ1n) is 14.1. The van der Waals surface area contributed by atoms with Gasteiger partial charge in [0, 0.05) is 25.9 Å². The summed E-state index contributed by atoms with van der Waals surface area (Å²) in [5.41, 5.74) is 6.20. The number of nitrogens with two attached hydrogens (primary N) is 1. The molecule has 0 saturated carbocycles. The molecular formula is C30H47N5O6. The van der Waals surface area contributed by atoms with Crippen molar-refractivity contribution in [3.05, 3.63) is 48.0 Å². The molecular weight excluding hydrogens is 526 g/mol. The van der Waals surface area contributed by atoms with Crippen molar-refractivity contribution in [2.75, 3.05) is 20.2 Å². The van der Waals surface area contributed by atoms with E-state index in [9.17, 15) is 24.0 Å². The lowest BCUT2D eigenvalue weighted by Gasteiger charge is -2.22. The van der Waals surface area contributed by atoms with Crippen molar-refractivity contribution in [2.24, 2.45) is 23.5 Å². The molecule has 11 heteroatoms. The normalized spacial score (nSPS) is 18.5. The van der Waals surface area contributed by atoms with Crippen molar-refractivity contribution >= 4 is 29.7 Å². The summed E-state index contributed by atoms with van der Waals surface area (Å²) >= 11 is 0. The van der Waals surface area contributed by atoms with E-state index in [2.05, 4.69) is 39.9 Å². The molecule has 0 fully saturated rings. The molecule has 1 aliphatic rings. The van der Waals surface area contributed by atoms with E-state index in [4.69, 9.17) is 5.73 Å². The van der Waals surface area contributed by atoms with Gasteiger partial charge in [0.2, 0.25) is 17.7 Å². The lowest BCUT2D eigenvalue weighted by atomic mass is 9.95. The summed E-state index contributed by atoms with van der Waals surface area (Å²) in [4.78, 5) is 58.4. The third-order valence-corrected chi connectivity index (χ3v) is 6.61. The topological polar surface area (TPSA) is 169 Å². The summed E-state index contributed by atoms with van der Waals surface area (Å²) in [7, 11) is 1.25. The second-order valence-corrected chi connectivity index (χ2v) is 10.7. The fourth-order valence-corrected chi connectivity index (χ4v) is 3.95. The first-order valence-corrected chi connectivity index (χ1v) is 14.1. The van der Waals surface area contributed by atoms with E-state index < -0.39 is 30.0 Å². The van der Waals surface area contributed by atoms with Crippen molar-refractivity contribution in [2.45, 2.75) is 71.9 Å². The van der Waals surface area contributed by atoms with Crippen molar-refractivity contribution in [3.8, 4) is 0 Å². The molecule has 3 atom stereocenters. The molecule has 0 bridgehead atoms. The van der Waals surface area contributed by atoms with Crippen LogP contribution < -0.4 is 27.0 Å². The summed E-state index contributed by atoms with van der Waals surface area (Å²) in [5, 5.41) is 10.8. The van der Waals surface area contributed by atoms with Crippen molar-refractivity contribution in [1.29, 1.82) is 0 Å². The van der Waals surface area contributed by atoms with Gasteiger partial charge in [0.25, 0.3) is 0 Å². The van der Waals surface area contributed by atoms with Gasteiger partial charge >= 0.3 is 12.0 Å². The highest BCUT2D eigenvalue weighted by Gasteiger charge is 2.27. The summed E-state index contributed by atoms with van der Waals surface area (Å²) in [5.74, 6) is -0.662. The fraction of sp³-hybridized carbons (Fsp3) is 0.567. The molecule has 0 saturated heterocycles. The largest absolute Gasteiger partial charge is 0.467 e. The molecule has 6 N–H and O–H groups in total. The van der Waals surface area contributed by atoms with Crippen LogP contribution in [0.25, 0.3) is 0 Å². The second kappa shape index (κ2) is 19.2. The van der Waals surface area contributed by atoms with Gasteiger partial charge in [0.1, 0.15) is 12.1 Å². The molecule has 2 unspecified atom stereocenters. The van der Waals surface area contributed by atoms with E-state index in [0.717, 1.165) is 24.8 Å². The van der Waals surface area contributed by atoms with Crippen molar-refractivity contribution in [3.63, 3.8) is 0 Å². The Hall–Kier alpha value is -3.89. The third-order valence-electron chi connectivity index (χ3n) is 6.61. The Balaban J connectivity index is 0.000000422. The Morgan fingerprint density at radius 3 is 2.27 bits per heavy atom. The lowest BCUT2D eigenvalue weighted by Crippen LogP contribution is -2.54. The molecule has 1 aromatic rings. The van der Waals surface area contributed by atoms with Gasteiger partial charge < -0.3 is 31.7 Å². The van der Waals surface area contributed by atoms with Gasteiger partial charge in [-0.15, -0.1) is 0 Å². The molecule has 1 aromatic carbocycles. The molecule has 1 aliphatic heterocycles. The van der Waals surface area contributed by atoms with Gasteiger partial charge in [-0.25, -0.2) is 9.59 Å². The number of carbonyl (C=O) groups excluding carboxylic acids is 5. The van der Waals surface area contributed by atoms with E-state index in [-0.39, 0.29) is 30.1 Å². The van der Waals surface area contributed by atoms with Crippen LogP contribution in [0.2, 0.25) is 0 Å². The number of esters is 1. The van der Waals surface area contributed by atoms with Gasteiger partial charge in [-0.05, 0) is 42.2 Å². The number of benzene rings is 1. The van der Waals surface area contributed by atoms with Gasteiger partial charge in [-0.3, -0.25) is 14.4 Å². The maximum absolute atomic E-state index is 12.0. The Morgan fingerprint density at radius 1 is 1.00 bits per heavy atom. The van der Waals surface area contributed by atoms with Crippen LogP contribution in [-0.4, -0.2) is 62.0 Å². The molecule has 228 valence electrons. The van der Waals surface area contributed by atoms with Crippen LogP contribution in [0, 0.1) is 17.8 Å². The molecule has 11 nitrogen and oxygen atoms in total. The number of hydrogen-bond acceptors (Lipinski definition) is 6. The highest BCUT2D eigenvalue weighted by atomic mass is 16.5. The summed E-state index contributed by atoms with van der Waals surface area (Å²) < 4.78 is 4.65. The van der Waals surface area contributed by atoms with Gasteiger partial charge in [0.05, 0.1) is 7.11 Å². The number of methoxy groups -OCH3 is 1. The smallest absolute Gasteiger partial charge is 0.328 e. The van der Waals surface area contributed by atoms with Crippen LogP contribution in [-0.2, 0) is 30.3 Å². The predicted molar refractivity (Wildman–Crippen MR) is 157 cm³/mol. The van der Waals surface area contributed by atoms with E-state index in [1.165, 1.54) is 7.11 Å². The third kappa shape index (κ3) is 14.9. The van der Waals surface area contributed by atoms with Crippen LogP contribution in [0.5, 0.6) is 0 Å². The fourth-order valence-electron chi connectivity index (χ4n) is 3.95. The average molecular weight is 574 g/mol. The Bertz CT molecular complexity index is 1010. The van der Waals surface area contributed by atoms with Crippen LogP contribution in [0.4, 0.5) is 4.79 Å². The van der Waals surface area contributed by atoms with Crippen LogP contribution >= 0.6 is 0 Å². The zero-order chi connectivity index (χ0) is 30.8. The number of rotatable bonds is 8. The summed E-state index contributed by atoms with van der Waals surface area (Å²) in [6.07, 6.45) is 7.15. The Kier molecular flexibility index (Phi) is 16.5. The van der Waals surface area contributed by atoms with Gasteiger partial charge in [-0.1, -0.05) is 70.5 Å². The molecule has 0 aromatic heterocycles. The second-order valence-electron chi connectivity index (χ2n) is 10.7. The van der Waals surface area contributed by atoms with Crippen LogP contribution in [0.15, 0.2) is 42.5 Å². The van der Waals surface area contributed by atoms with Crippen molar-refractivity contribution in [1.82, 2.24) is 21.3 Å². The predicted octanol–water partition coefficient (Wildman–Crippen LogP) is 2.20. The minimum Gasteiger partial charge on any atom is -0.467 e. The molecule has 2 rings (SSSR count). The van der Waals surface area contributed by atoms with Crippen molar-refractivity contribution < 1.29 is 28.7 Å². The molecule has 41 heavy (non-hydrogen) atoms. The monoisotopic (exact) mass is 573 g/mol. The minimum absolute atomic E-state index is 0.0359. The van der Waals surface area contributed by atoms with Gasteiger partial charge in [-0.2, -0.15) is 0 Å². The van der Waals surface area contributed by atoms with Crippen LogP contribution in [0.3, 0.4) is 0 Å². The lowest BCUT2D eigenvalue weighted by molar-refractivity contribution is -0.144.